The van der Waals surface area contributed by atoms with Crippen molar-refractivity contribution in [2.24, 2.45) is 0 Å². The summed E-state index contributed by atoms with van der Waals surface area (Å²) in [5.74, 6) is 2.50. The standard InChI is InChI=1S/C26H28N4O3S/c1-4-19-10-12-20(13-11-19)16-29(2)24(31)18-34-26-28-27-25(21-7-5-8-22(15-21)32-3)30(26)17-23-9-6-14-33-23/h5-15H,4,16-18H2,1-3H3. The van der Waals surface area contributed by atoms with Crippen LogP contribution in [0.25, 0.3) is 11.4 Å². The molecule has 0 radical (unpaired) electrons. The molecule has 2 aromatic carbocycles. The number of methoxy groups -OCH3 is 1. The molecule has 0 fully saturated rings. The number of thioether (sulfide) groups is 1. The Morgan fingerprint density at radius 3 is 2.59 bits per heavy atom. The van der Waals surface area contributed by atoms with Crippen LogP contribution in [0.2, 0.25) is 0 Å². The quantitative estimate of drug-likeness (QED) is 0.303. The van der Waals surface area contributed by atoms with Crippen LogP contribution >= 0.6 is 11.8 Å². The van der Waals surface area contributed by atoms with Gasteiger partial charge in [-0.2, -0.15) is 0 Å². The van der Waals surface area contributed by atoms with Crippen molar-refractivity contribution >= 4 is 17.7 Å². The summed E-state index contributed by atoms with van der Waals surface area (Å²) in [5.41, 5.74) is 3.28. The minimum Gasteiger partial charge on any atom is -0.497 e. The molecular weight excluding hydrogens is 448 g/mol. The van der Waals surface area contributed by atoms with Crippen LogP contribution in [0.4, 0.5) is 0 Å². The summed E-state index contributed by atoms with van der Waals surface area (Å²) in [7, 11) is 3.46. The molecule has 0 saturated carbocycles. The largest absolute Gasteiger partial charge is 0.497 e. The smallest absolute Gasteiger partial charge is 0.233 e. The molecule has 4 aromatic rings. The zero-order valence-corrected chi connectivity index (χ0v) is 20.4. The number of rotatable bonds is 10. The van der Waals surface area contributed by atoms with Crippen molar-refractivity contribution in [2.75, 3.05) is 19.9 Å². The topological polar surface area (TPSA) is 73.4 Å². The lowest BCUT2D eigenvalue weighted by molar-refractivity contribution is -0.127. The van der Waals surface area contributed by atoms with Gasteiger partial charge in [0.05, 0.1) is 25.7 Å². The van der Waals surface area contributed by atoms with Crippen LogP contribution < -0.4 is 4.74 Å². The molecule has 0 atom stereocenters. The van der Waals surface area contributed by atoms with Gasteiger partial charge in [-0.1, -0.05) is 55.1 Å². The van der Waals surface area contributed by atoms with Gasteiger partial charge in [0.2, 0.25) is 5.91 Å². The van der Waals surface area contributed by atoms with E-state index in [9.17, 15) is 4.79 Å². The summed E-state index contributed by atoms with van der Waals surface area (Å²) in [5, 5.41) is 9.46. The highest BCUT2D eigenvalue weighted by atomic mass is 32.2. The third-order valence-electron chi connectivity index (χ3n) is 5.54. The van der Waals surface area contributed by atoms with Gasteiger partial charge in [0.15, 0.2) is 11.0 Å². The van der Waals surface area contributed by atoms with Crippen LogP contribution in [0.3, 0.4) is 0 Å². The fourth-order valence-corrected chi connectivity index (χ4v) is 4.43. The molecule has 4 rings (SSSR count). The lowest BCUT2D eigenvalue weighted by Gasteiger charge is -2.17. The first-order chi connectivity index (χ1) is 16.6. The van der Waals surface area contributed by atoms with Gasteiger partial charge in [-0.15, -0.1) is 10.2 Å². The molecular formula is C26H28N4O3S. The Balaban J connectivity index is 1.49. The molecule has 0 saturated heterocycles. The van der Waals surface area contributed by atoms with E-state index in [0.717, 1.165) is 29.1 Å². The van der Waals surface area contributed by atoms with Crippen molar-refractivity contribution in [3.63, 3.8) is 0 Å². The molecule has 0 aliphatic heterocycles. The highest BCUT2D eigenvalue weighted by Crippen LogP contribution is 2.28. The van der Waals surface area contributed by atoms with E-state index < -0.39 is 0 Å². The second kappa shape index (κ2) is 11.1. The number of aromatic nitrogens is 3. The molecule has 1 amide bonds. The molecule has 0 aliphatic rings. The SMILES string of the molecule is CCc1ccc(CN(C)C(=O)CSc2nnc(-c3cccc(OC)c3)n2Cc2ccco2)cc1. The van der Waals surface area contributed by atoms with Gasteiger partial charge in [-0.05, 0) is 41.8 Å². The van der Waals surface area contributed by atoms with Gasteiger partial charge in [-0.3, -0.25) is 9.36 Å². The number of aryl methyl sites for hydroxylation is 1. The Labute approximate surface area is 203 Å². The van der Waals surface area contributed by atoms with Crippen LogP contribution in [0.15, 0.2) is 76.5 Å². The summed E-state index contributed by atoms with van der Waals surface area (Å²) in [6, 6.07) is 19.8. The predicted octanol–water partition coefficient (Wildman–Crippen LogP) is 4.91. The molecule has 0 bridgehead atoms. The predicted molar refractivity (Wildman–Crippen MR) is 133 cm³/mol. The minimum absolute atomic E-state index is 0.0278. The number of carbonyl (C=O) groups excluding carboxylic acids is 1. The number of amides is 1. The van der Waals surface area contributed by atoms with Crippen LogP contribution in [0.1, 0.15) is 23.8 Å². The van der Waals surface area contributed by atoms with E-state index in [1.807, 2.05) is 48.0 Å². The van der Waals surface area contributed by atoms with E-state index in [0.29, 0.717) is 24.1 Å². The molecule has 0 spiro atoms. The highest BCUT2D eigenvalue weighted by molar-refractivity contribution is 7.99. The maximum atomic E-state index is 12.8. The summed E-state index contributed by atoms with van der Waals surface area (Å²) >= 11 is 1.37. The summed E-state index contributed by atoms with van der Waals surface area (Å²) in [6.07, 6.45) is 2.64. The Morgan fingerprint density at radius 2 is 1.88 bits per heavy atom. The van der Waals surface area contributed by atoms with E-state index in [1.165, 1.54) is 17.3 Å². The molecule has 34 heavy (non-hydrogen) atoms. The minimum atomic E-state index is 0.0278. The fraction of sp³-hybridized carbons (Fsp3) is 0.269. The summed E-state index contributed by atoms with van der Waals surface area (Å²) < 4.78 is 12.9. The molecule has 176 valence electrons. The van der Waals surface area contributed by atoms with Gasteiger partial charge < -0.3 is 14.1 Å². The van der Waals surface area contributed by atoms with Crippen LogP contribution in [0, 0.1) is 0 Å². The Bertz CT molecular complexity index is 1220. The number of benzene rings is 2. The second-order valence-electron chi connectivity index (χ2n) is 7.91. The first-order valence-electron chi connectivity index (χ1n) is 11.1. The zero-order valence-electron chi connectivity index (χ0n) is 19.6. The van der Waals surface area contributed by atoms with Crippen molar-refractivity contribution in [3.8, 4) is 17.1 Å². The summed E-state index contributed by atoms with van der Waals surface area (Å²) in [6.45, 7) is 3.16. The molecule has 0 unspecified atom stereocenters. The highest BCUT2D eigenvalue weighted by Gasteiger charge is 2.18. The van der Waals surface area contributed by atoms with Gasteiger partial charge >= 0.3 is 0 Å². The number of carbonyl (C=O) groups is 1. The van der Waals surface area contributed by atoms with Crippen molar-refractivity contribution in [3.05, 3.63) is 83.8 Å². The van der Waals surface area contributed by atoms with Crippen LogP contribution in [-0.4, -0.2) is 45.5 Å². The molecule has 2 heterocycles. The van der Waals surface area contributed by atoms with Gasteiger partial charge in [0, 0.05) is 19.2 Å². The lowest BCUT2D eigenvalue weighted by atomic mass is 10.1. The van der Waals surface area contributed by atoms with E-state index in [2.05, 4.69) is 41.4 Å². The van der Waals surface area contributed by atoms with E-state index in [4.69, 9.17) is 9.15 Å². The normalized spacial score (nSPS) is 10.9. The van der Waals surface area contributed by atoms with E-state index in [1.54, 1.807) is 18.3 Å². The number of nitrogens with zero attached hydrogens (tertiary/aromatic N) is 4. The zero-order chi connectivity index (χ0) is 23.9. The Hall–Kier alpha value is -3.52. The maximum absolute atomic E-state index is 12.8. The first kappa shape index (κ1) is 23.6. The molecule has 2 aromatic heterocycles. The molecule has 8 heteroatoms. The molecule has 7 nitrogen and oxygen atoms in total. The van der Waals surface area contributed by atoms with E-state index in [-0.39, 0.29) is 11.7 Å². The van der Waals surface area contributed by atoms with Crippen LogP contribution in [0.5, 0.6) is 5.75 Å². The maximum Gasteiger partial charge on any atom is 0.233 e. The number of hydrogen-bond donors (Lipinski definition) is 0. The van der Waals surface area contributed by atoms with Gasteiger partial charge in [0.25, 0.3) is 0 Å². The Morgan fingerprint density at radius 1 is 1.09 bits per heavy atom. The van der Waals surface area contributed by atoms with Gasteiger partial charge in [-0.25, -0.2) is 0 Å². The second-order valence-corrected chi connectivity index (χ2v) is 8.85. The number of ether oxygens (including phenoxy) is 1. The van der Waals surface area contributed by atoms with Crippen molar-refractivity contribution < 1.29 is 13.9 Å². The van der Waals surface area contributed by atoms with Crippen molar-refractivity contribution in [1.29, 1.82) is 0 Å². The number of hydrogen-bond acceptors (Lipinski definition) is 6. The average Bonchev–Trinajstić information content (AvgIpc) is 3.53. The third-order valence-corrected chi connectivity index (χ3v) is 6.49. The molecule has 0 aliphatic carbocycles. The van der Waals surface area contributed by atoms with Crippen molar-refractivity contribution in [1.82, 2.24) is 19.7 Å². The lowest BCUT2D eigenvalue weighted by Crippen LogP contribution is -2.27. The Kier molecular flexibility index (Phi) is 7.69. The first-order valence-corrected chi connectivity index (χ1v) is 12.1. The van der Waals surface area contributed by atoms with Gasteiger partial charge in [0.1, 0.15) is 11.5 Å². The molecule has 0 N–H and O–H groups in total. The summed E-state index contributed by atoms with van der Waals surface area (Å²) in [4.78, 5) is 14.6. The average molecular weight is 477 g/mol. The fourth-order valence-electron chi connectivity index (χ4n) is 3.55. The third kappa shape index (κ3) is 5.69. The van der Waals surface area contributed by atoms with Crippen molar-refractivity contribution in [2.45, 2.75) is 31.6 Å². The monoisotopic (exact) mass is 476 g/mol. The van der Waals surface area contributed by atoms with Crippen LogP contribution in [-0.2, 0) is 24.3 Å². The van der Waals surface area contributed by atoms with E-state index >= 15 is 0 Å². The number of furan rings is 1.